The summed E-state index contributed by atoms with van der Waals surface area (Å²) in [6.45, 7) is 7.80. The second kappa shape index (κ2) is 10.3. The highest BCUT2D eigenvalue weighted by Gasteiger charge is 2.40. The maximum absolute atomic E-state index is 13.1. The van der Waals surface area contributed by atoms with Gasteiger partial charge in [-0.1, -0.05) is 32.4 Å². The summed E-state index contributed by atoms with van der Waals surface area (Å²) in [7, 11) is 0. The number of amides is 1. The number of rotatable bonds is 6. The highest BCUT2D eigenvalue weighted by Crippen LogP contribution is 2.38. The predicted molar refractivity (Wildman–Crippen MR) is 131 cm³/mol. The first-order chi connectivity index (χ1) is 17.3. The highest BCUT2D eigenvalue weighted by atomic mass is 35.5. The summed E-state index contributed by atoms with van der Waals surface area (Å²) in [6.07, 6.45) is -1.69. The highest BCUT2D eigenvalue weighted by molar-refractivity contribution is 6.33. The van der Waals surface area contributed by atoms with Crippen LogP contribution in [0.15, 0.2) is 18.2 Å². The van der Waals surface area contributed by atoms with E-state index >= 15 is 0 Å². The van der Waals surface area contributed by atoms with Gasteiger partial charge in [-0.15, -0.1) is 0 Å². The Balaban J connectivity index is 1.54. The van der Waals surface area contributed by atoms with Crippen LogP contribution in [0.25, 0.3) is 0 Å². The number of alkyl halides is 3. The van der Waals surface area contributed by atoms with Crippen molar-refractivity contribution in [2.45, 2.75) is 59.2 Å². The normalized spacial score (nSPS) is 17.8. The van der Waals surface area contributed by atoms with Crippen molar-refractivity contribution in [1.29, 1.82) is 0 Å². The molecule has 0 unspecified atom stereocenters. The van der Waals surface area contributed by atoms with Crippen molar-refractivity contribution in [3.05, 3.63) is 51.3 Å². The van der Waals surface area contributed by atoms with E-state index in [-0.39, 0.29) is 28.5 Å². The number of hydrogen-bond donors (Lipinski definition) is 1. The Morgan fingerprint density at radius 2 is 1.97 bits per heavy atom. The number of fused-ring (bicyclic) bond motifs is 1. The average Bonchev–Trinajstić information content (AvgIpc) is 3.09. The Hall–Kier alpha value is -2.59. The number of nitrogens with one attached hydrogen (secondary N) is 1. The Morgan fingerprint density at radius 3 is 2.62 bits per heavy atom. The molecule has 0 radical (unpaired) electrons. The van der Waals surface area contributed by atoms with Crippen LogP contribution in [-0.2, 0) is 35.0 Å². The van der Waals surface area contributed by atoms with Gasteiger partial charge < -0.3 is 14.8 Å². The van der Waals surface area contributed by atoms with Gasteiger partial charge in [-0.3, -0.25) is 9.48 Å². The standard InChI is InChI=1S/C26H31ClF3N3O4/c1-4-19-21-20(12-25(13-31-22(21)34)7-9-36-10-8-25)33(32-19)14-24(2,3)15-37-23(35)17-11-16(26(28,29)30)5-6-18(17)27/h5-6,11H,4,7-10,12-15H2,1-3H3,(H,31,34). The second-order valence-corrected chi connectivity index (χ2v) is 11.1. The number of carbonyl (C=O) groups excluding carboxylic acids is 2. The monoisotopic (exact) mass is 541 g/mol. The molecule has 202 valence electrons. The van der Waals surface area contributed by atoms with Crippen LogP contribution in [0.2, 0.25) is 5.02 Å². The summed E-state index contributed by atoms with van der Waals surface area (Å²) < 4.78 is 52.1. The number of benzene rings is 1. The molecule has 1 saturated heterocycles. The van der Waals surface area contributed by atoms with E-state index in [2.05, 4.69) is 5.32 Å². The topological polar surface area (TPSA) is 82.5 Å². The quantitative estimate of drug-likeness (QED) is 0.516. The van der Waals surface area contributed by atoms with E-state index in [1.54, 1.807) is 0 Å². The fraction of sp³-hybridized carbons (Fsp3) is 0.577. The maximum atomic E-state index is 13.1. The summed E-state index contributed by atoms with van der Waals surface area (Å²) in [6, 6.07) is 2.55. The Bertz CT molecular complexity index is 1190. The summed E-state index contributed by atoms with van der Waals surface area (Å²) >= 11 is 5.99. The lowest BCUT2D eigenvalue weighted by Crippen LogP contribution is -2.41. The molecule has 1 aromatic carbocycles. The zero-order valence-corrected chi connectivity index (χ0v) is 21.9. The first kappa shape index (κ1) is 27.4. The zero-order valence-electron chi connectivity index (χ0n) is 21.1. The number of aryl methyl sites for hydroxylation is 1. The number of hydrogen-bond acceptors (Lipinski definition) is 5. The molecule has 11 heteroatoms. The van der Waals surface area contributed by atoms with Gasteiger partial charge in [-0.2, -0.15) is 18.3 Å². The minimum Gasteiger partial charge on any atom is -0.461 e. The van der Waals surface area contributed by atoms with Gasteiger partial charge in [0, 0.05) is 31.7 Å². The number of esters is 1. The van der Waals surface area contributed by atoms with E-state index in [1.165, 1.54) is 0 Å². The molecule has 0 aliphatic carbocycles. The lowest BCUT2D eigenvalue weighted by Gasteiger charge is -2.36. The zero-order chi connectivity index (χ0) is 27.0. The average molecular weight is 542 g/mol. The Labute approximate surface area is 218 Å². The van der Waals surface area contributed by atoms with Crippen LogP contribution in [0, 0.1) is 10.8 Å². The molecule has 7 nitrogen and oxygen atoms in total. The molecular formula is C26H31ClF3N3O4. The van der Waals surface area contributed by atoms with Crippen LogP contribution in [0.4, 0.5) is 13.2 Å². The van der Waals surface area contributed by atoms with E-state index in [0.717, 1.165) is 30.7 Å². The van der Waals surface area contributed by atoms with Gasteiger partial charge in [-0.25, -0.2) is 4.79 Å². The van der Waals surface area contributed by atoms with Gasteiger partial charge in [-0.05, 0) is 49.3 Å². The molecule has 0 atom stereocenters. The molecule has 1 N–H and O–H groups in total. The SMILES string of the molecule is CCc1nn(CC(C)(C)COC(=O)c2cc(C(F)(F)F)ccc2Cl)c2c1C(=O)NCC1(CCOCC1)C2. The molecule has 37 heavy (non-hydrogen) atoms. The van der Waals surface area contributed by atoms with Gasteiger partial charge >= 0.3 is 12.1 Å². The third-order valence-corrected chi connectivity index (χ3v) is 7.43. The number of halogens is 4. The fourth-order valence-corrected chi connectivity index (χ4v) is 5.15. The largest absolute Gasteiger partial charge is 0.461 e. The van der Waals surface area contributed by atoms with E-state index in [9.17, 15) is 22.8 Å². The summed E-state index contributed by atoms with van der Waals surface area (Å²) in [5.74, 6) is -1.07. The van der Waals surface area contributed by atoms with E-state index in [4.69, 9.17) is 26.2 Å². The smallest absolute Gasteiger partial charge is 0.416 e. The summed E-state index contributed by atoms with van der Waals surface area (Å²) in [5, 5.41) is 7.71. The van der Waals surface area contributed by atoms with Crippen molar-refractivity contribution < 1.29 is 32.2 Å². The van der Waals surface area contributed by atoms with Gasteiger partial charge in [0.1, 0.15) is 0 Å². The van der Waals surface area contributed by atoms with Crippen LogP contribution < -0.4 is 5.32 Å². The minimum atomic E-state index is -4.61. The van der Waals surface area contributed by atoms with E-state index in [0.29, 0.717) is 56.5 Å². The molecule has 2 aliphatic heterocycles. The predicted octanol–water partition coefficient (Wildman–Crippen LogP) is 5.08. The molecular weight excluding hydrogens is 511 g/mol. The number of ether oxygens (including phenoxy) is 2. The Morgan fingerprint density at radius 1 is 1.27 bits per heavy atom. The lowest BCUT2D eigenvalue weighted by atomic mass is 9.76. The van der Waals surface area contributed by atoms with E-state index in [1.807, 2.05) is 25.5 Å². The molecule has 1 spiro atoms. The van der Waals surface area contributed by atoms with Crippen LogP contribution in [0.5, 0.6) is 0 Å². The number of nitrogens with zero attached hydrogens (tertiary/aromatic N) is 2. The molecule has 0 bridgehead atoms. The third-order valence-electron chi connectivity index (χ3n) is 7.10. The summed E-state index contributed by atoms with van der Waals surface area (Å²) in [5.41, 5.74) is 0.101. The molecule has 1 aromatic heterocycles. The molecule has 2 aliphatic rings. The molecule has 0 saturated carbocycles. The van der Waals surface area contributed by atoms with Crippen molar-refractivity contribution in [2.24, 2.45) is 10.8 Å². The lowest BCUT2D eigenvalue weighted by molar-refractivity contribution is -0.137. The van der Waals surface area contributed by atoms with Crippen molar-refractivity contribution in [3.8, 4) is 0 Å². The van der Waals surface area contributed by atoms with Crippen LogP contribution in [-0.4, -0.2) is 48.0 Å². The van der Waals surface area contributed by atoms with Crippen molar-refractivity contribution >= 4 is 23.5 Å². The third kappa shape index (κ3) is 5.95. The van der Waals surface area contributed by atoms with Gasteiger partial charge in [0.05, 0.1) is 39.7 Å². The van der Waals surface area contributed by atoms with Crippen LogP contribution in [0.1, 0.15) is 71.3 Å². The van der Waals surface area contributed by atoms with Gasteiger partial charge in [0.15, 0.2) is 0 Å². The van der Waals surface area contributed by atoms with Gasteiger partial charge in [0.25, 0.3) is 5.91 Å². The van der Waals surface area contributed by atoms with Crippen molar-refractivity contribution in [2.75, 3.05) is 26.4 Å². The molecule has 4 rings (SSSR count). The fourth-order valence-electron chi connectivity index (χ4n) is 4.95. The van der Waals surface area contributed by atoms with Crippen molar-refractivity contribution in [3.63, 3.8) is 0 Å². The van der Waals surface area contributed by atoms with Crippen molar-refractivity contribution in [1.82, 2.24) is 15.1 Å². The molecule has 3 heterocycles. The first-order valence-electron chi connectivity index (χ1n) is 12.3. The first-order valence-corrected chi connectivity index (χ1v) is 12.7. The number of aromatic nitrogens is 2. The molecule has 2 aromatic rings. The molecule has 1 fully saturated rings. The minimum absolute atomic E-state index is 0.0837. The van der Waals surface area contributed by atoms with E-state index < -0.39 is 23.1 Å². The molecule has 1 amide bonds. The van der Waals surface area contributed by atoms with Gasteiger partial charge in [0.2, 0.25) is 0 Å². The number of carbonyl (C=O) groups is 2. The Kier molecular flexibility index (Phi) is 7.63. The summed E-state index contributed by atoms with van der Waals surface area (Å²) in [4.78, 5) is 25.7. The van der Waals surface area contributed by atoms with Crippen LogP contribution >= 0.6 is 11.6 Å². The van der Waals surface area contributed by atoms with Crippen LogP contribution in [0.3, 0.4) is 0 Å². The maximum Gasteiger partial charge on any atom is 0.416 e. The second-order valence-electron chi connectivity index (χ2n) is 10.7.